The van der Waals surface area contributed by atoms with Gasteiger partial charge in [0.15, 0.2) is 5.01 Å². The van der Waals surface area contributed by atoms with Crippen molar-refractivity contribution < 1.29 is 5.11 Å². The SMILES string of the molecule is C[C@@H](O)CN1CCN(c2nnc(-c3ccccc3Cl)s2)CC1. The third-order valence-electron chi connectivity index (χ3n) is 3.68. The molecule has 22 heavy (non-hydrogen) atoms. The van der Waals surface area contributed by atoms with Crippen molar-refractivity contribution in [2.24, 2.45) is 0 Å². The second-order valence-electron chi connectivity index (χ2n) is 5.51. The van der Waals surface area contributed by atoms with Gasteiger partial charge in [0.2, 0.25) is 5.13 Å². The maximum absolute atomic E-state index is 9.45. The zero-order chi connectivity index (χ0) is 15.5. The highest BCUT2D eigenvalue weighted by atomic mass is 35.5. The fourth-order valence-corrected chi connectivity index (χ4v) is 3.80. The van der Waals surface area contributed by atoms with Gasteiger partial charge in [-0.05, 0) is 13.0 Å². The summed E-state index contributed by atoms with van der Waals surface area (Å²) in [4.78, 5) is 4.52. The monoisotopic (exact) mass is 338 g/mol. The first-order chi connectivity index (χ1) is 10.6. The maximum atomic E-state index is 9.45. The molecule has 2 aromatic rings. The van der Waals surface area contributed by atoms with E-state index < -0.39 is 0 Å². The second-order valence-corrected chi connectivity index (χ2v) is 6.87. The summed E-state index contributed by atoms with van der Waals surface area (Å²) in [5.74, 6) is 0. The van der Waals surface area contributed by atoms with Crippen molar-refractivity contribution in [2.75, 3.05) is 37.6 Å². The first kappa shape index (κ1) is 15.7. The summed E-state index contributed by atoms with van der Waals surface area (Å²) < 4.78 is 0. The number of β-amino-alcohol motifs (C(OH)–C–C–N with tert-alkyl or cyclic N) is 1. The van der Waals surface area contributed by atoms with Gasteiger partial charge >= 0.3 is 0 Å². The van der Waals surface area contributed by atoms with Crippen molar-refractivity contribution in [2.45, 2.75) is 13.0 Å². The highest BCUT2D eigenvalue weighted by Gasteiger charge is 2.21. The van der Waals surface area contributed by atoms with Crippen LogP contribution in [0.5, 0.6) is 0 Å². The molecule has 1 aromatic carbocycles. The largest absolute Gasteiger partial charge is 0.392 e. The summed E-state index contributed by atoms with van der Waals surface area (Å²) in [5, 5.41) is 20.5. The molecule has 1 atom stereocenters. The highest BCUT2D eigenvalue weighted by molar-refractivity contribution is 7.18. The average molecular weight is 339 g/mol. The number of nitrogens with zero attached hydrogens (tertiary/aromatic N) is 4. The van der Waals surface area contributed by atoms with Crippen molar-refractivity contribution in [3.05, 3.63) is 29.3 Å². The van der Waals surface area contributed by atoms with Gasteiger partial charge in [0.05, 0.1) is 11.1 Å². The van der Waals surface area contributed by atoms with E-state index in [0.29, 0.717) is 5.02 Å². The lowest BCUT2D eigenvalue weighted by Crippen LogP contribution is -2.48. The molecule has 1 aromatic heterocycles. The molecule has 0 amide bonds. The van der Waals surface area contributed by atoms with Crippen LogP contribution in [-0.2, 0) is 0 Å². The van der Waals surface area contributed by atoms with Crippen molar-refractivity contribution in [3.63, 3.8) is 0 Å². The van der Waals surface area contributed by atoms with Crippen molar-refractivity contribution in [3.8, 4) is 10.6 Å². The zero-order valence-corrected chi connectivity index (χ0v) is 14.0. The Morgan fingerprint density at radius 3 is 2.64 bits per heavy atom. The molecule has 1 saturated heterocycles. The zero-order valence-electron chi connectivity index (χ0n) is 12.4. The number of aliphatic hydroxyl groups excluding tert-OH is 1. The summed E-state index contributed by atoms with van der Waals surface area (Å²) in [7, 11) is 0. The van der Waals surface area contributed by atoms with Crippen LogP contribution in [-0.4, -0.2) is 59.0 Å². The molecule has 2 heterocycles. The molecular weight excluding hydrogens is 320 g/mol. The van der Waals surface area contributed by atoms with Gasteiger partial charge in [0.25, 0.3) is 0 Å². The Bertz CT molecular complexity index is 626. The molecule has 0 aliphatic carbocycles. The van der Waals surface area contributed by atoms with Crippen LogP contribution >= 0.6 is 22.9 Å². The molecule has 0 saturated carbocycles. The maximum Gasteiger partial charge on any atom is 0.208 e. The molecule has 118 valence electrons. The summed E-state index contributed by atoms with van der Waals surface area (Å²) in [6, 6.07) is 7.70. The normalized spacial score (nSPS) is 17.7. The molecule has 7 heteroatoms. The van der Waals surface area contributed by atoms with Crippen molar-refractivity contribution in [1.82, 2.24) is 15.1 Å². The van der Waals surface area contributed by atoms with E-state index in [9.17, 15) is 5.11 Å². The second kappa shape index (κ2) is 6.91. The highest BCUT2D eigenvalue weighted by Crippen LogP contribution is 2.33. The van der Waals surface area contributed by atoms with Gasteiger partial charge in [-0.2, -0.15) is 0 Å². The Balaban J connectivity index is 1.67. The Morgan fingerprint density at radius 1 is 1.23 bits per heavy atom. The molecular formula is C15H19ClN4OS. The van der Waals surface area contributed by atoms with E-state index in [0.717, 1.165) is 48.4 Å². The summed E-state index contributed by atoms with van der Waals surface area (Å²) in [5.41, 5.74) is 0.931. The Morgan fingerprint density at radius 2 is 1.95 bits per heavy atom. The number of anilines is 1. The summed E-state index contributed by atoms with van der Waals surface area (Å²) in [6.45, 7) is 6.24. The fourth-order valence-electron chi connectivity index (χ4n) is 2.58. The molecule has 1 N–H and O–H groups in total. The topological polar surface area (TPSA) is 52.5 Å². The predicted molar refractivity (Wildman–Crippen MR) is 90.7 cm³/mol. The number of hydrogen-bond acceptors (Lipinski definition) is 6. The molecule has 0 bridgehead atoms. The van der Waals surface area contributed by atoms with Crippen LogP contribution in [0.4, 0.5) is 5.13 Å². The van der Waals surface area contributed by atoms with E-state index in [-0.39, 0.29) is 6.10 Å². The number of rotatable bonds is 4. The standard InChI is InChI=1S/C15H19ClN4OS/c1-11(21)10-19-6-8-20(9-7-19)15-18-17-14(22-15)12-4-2-3-5-13(12)16/h2-5,11,21H,6-10H2,1H3/t11-/m1/s1. The van der Waals surface area contributed by atoms with Crippen LogP contribution in [0.3, 0.4) is 0 Å². The molecule has 1 aliphatic heterocycles. The molecule has 1 fully saturated rings. The van der Waals surface area contributed by atoms with Crippen LogP contribution in [0.25, 0.3) is 10.6 Å². The fraction of sp³-hybridized carbons (Fsp3) is 0.467. The number of piperazine rings is 1. The Hall–Kier alpha value is -1.21. The number of halogens is 1. The number of aromatic nitrogens is 2. The third-order valence-corrected chi connectivity index (χ3v) is 5.03. The van der Waals surface area contributed by atoms with E-state index >= 15 is 0 Å². The third kappa shape index (κ3) is 3.57. The van der Waals surface area contributed by atoms with Crippen LogP contribution < -0.4 is 4.90 Å². The minimum atomic E-state index is -0.278. The minimum absolute atomic E-state index is 0.278. The van der Waals surface area contributed by atoms with E-state index in [4.69, 9.17) is 11.6 Å². The van der Waals surface area contributed by atoms with Crippen LogP contribution in [0.1, 0.15) is 6.92 Å². The Labute approximate surface area is 139 Å². The molecule has 0 radical (unpaired) electrons. The van der Waals surface area contributed by atoms with Gasteiger partial charge in [0, 0.05) is 38.3 Å². The average Bonchev–Trinajstić information content (AvgIpc) is 2.97. The lowest BCUT2D eigenvalue weighted by molar-refractivity contribution is 0.122. The number of benzene rings is 1. The van der Waals surface area contributed by atoms with E-state index in [1.165, 1.54) is 0 Å². The molecule has 1 aliphatic rings. The van der Waals surface area contributed by atoms with Crippen LogP contribution in [0.15, 0.2) is 24.3 Å². The lowest BCUT2D eigenvalue weighted by atomic mass is 10.2. The first-order valence-corrected chi connectivity index (χ1v) is 8.56. The van der Waals surface area contributed by atoms with Gasteiger partial charge in [-0.25, -0.2) is 0 Å². The van der Waals surface area contributed by atoms with Crippen LogP contribution in [0.2, 0.25) is 5.02 Å². The molecule has 3 rings (SSSR count). The van der Waals surface area contributed by atoms with E-state index in [1.54, 1.807) is 11.3 Å². The van der Waals surface area contributed by atoms with Gasteiger partial charge in [-0.15, -0.1) is 10.2 Å². The number of aliphatic hydroxyl groups is 1. The molecule has 5 nitrogen and oxygen atoms in total. The van der Waals surface area contributed by atoms with E-state index in [2.05, 4.69) is 20.0 Å². The smallest absolute Gasteiger partial charge is 0.208 e. The minimum Gasteiger partial charge on any atom is -0.392 e. The predicted octanol–water partition coefficient (Wildman–Crippen LogP) is 2.36. The van der Waals surface area contributed by atoms with E-state index in [1.807, 2.05) is 31.2 Å². The number of hydrogen-bond donors (Lipinski definition) is 1. The summed E-state index contributed by atoms with van der Waals surface area (Å²) in [6.07, 6.45) is -0.278. The lowest BCUT2D eigenvalue weighted by Gasteiger charge is -2.34. The quantitative estimate of drug-likeness (QED) is 0.927. The van der Waals surface area contributed by atoms with Gasteiger partial charge in [0.1, 0.15) is 0 Å². The van der Waals surface area contributed by atoms with Gasteiger partial charge in [-0.3, -0.25) is 4.90 Å². The van der Waals surface area contributed by atoms with Crippen molar-refractivity contribution >= 4 is 28.1 Å². The summed E-state index contributed by atoms with van der Waals surface area (Å²) >= 11 is 7.79. The van der Waals surface area contributed by atoms with Gasteiger partial charge < -0.3 is 10.0 Å². The Kier molecular flexibility index (Phi) is 4.93. The van der Waals surface area contributed by atoms with Gasteiger partial charge in [-0.1, -0.05) is 41.1 Å². The molecule has 0 unspecified atom stereocenters. The van der Waals surface area contributed by atoms with Crippen molar-refractivity contribution in [1.29, 1.82) is 0 Å². The first-order valence-electron chi connectivity index (χ1n) is 7.37. The molecule has 0 spiro atoms. The van der Waals surface area contributed by atoms with Crippen LogP contribution in [0, 0.1) is 0 Å².